The lowest BCUT2D eigenvalue weighted by Gasteiger charge is -2.27. The van der Waals surface area contributed by atoms with E-state index in [0.29, 0.717) is 11.2 Å². The smallest absolute Gasteiger partial charge is 0.147 e. The third kappa shape index (κ3) is 4.22. The Labute approximate surface area is 107 Å². The van der Waals surface area contributed by atoms with E-state index in [-0.39, 0.29) is 0 Å². The molecule has 1 saturated heterocycles. The molecule has 1 aromatic rings. The van der Waals surface area contributed by atoms with Gasteiger partial charge in [0.2, 0.25) is 0 Å². The summed E-state index contributed by atoms with van der Waals surface area (Å²) in [5.41, 5.74) is 0.965. The van der Waals surface area contributed by atoms with Crippen molar-refractivity contribution in [3.8, 4) is 0 Å². The minimum absolute atomic E-state index is 0.449. The van der Waals surface area contributed by atoms with Gasteiger partial charge in [0.15, 0.2) is 0 Å². The van der Waals surface area contributed by atoms with Crippen molar-refractivity contribution >= 4 is 11.6 Å². The lowest BCUT2D eigenvalue weighted by molar-refractivity contribution is 0.254. The van der Waals surface area contributed by atoms with Crippen molar-refractivity contribution in [3.63, 3.8) is 0 Å². The van der Waals surface area contributed by atoms with E-state index >= 15 is 0 Å². The van der Waals surface area contributed by atoms with Crippen LogP contribution in [0.25, 0.3) is 0 Å². The maximum atomic E-state index is 5.71. The molecular formula is C12H19ClN4. The average molecular weight is 255 g/mol. The Balaban J connectivity index is 1.79. The summed E-state index contributed by atoms with van der Waals surface area (Å²) in [7, 11) is 2.12. The van der Waals surface area contributed by atoms with Gasteiger partial charge < -0.3 is 5.32 Å². The molecule has 1 aliphatic rings. The Morgan fingerprint density at radius 1 is 1.41 bits per heavy atom. The molecule has 0 aliphatic carbocycles. The van der Waals surface area contributed by atoms with Crippen LogP contribution in [0.1, 0.15) is 25.0 Å². The molecule has 2 rings (SSSR count). The minimum atomic E-state index is 0.449. The molecule has 0 spiro atoms. The third-order valence-corrected chi connectivity index (χ3v) is 3.25. The van der Waals surface area contributed by atoms with Crippen molar-refractivity contribution < 1.29 is 0 Å². The van der Waals surface area contributed by atoms with E-state index in [1.54, 1.807) is 12.4 Å². The molecule has 0 amide bonds. The summed E-state index contributed by atoms with van der Waals surface area (Å²) in [6.07, 6.45) is 7.27. The van der Waals surface area contributed by atoms with Crippen LogP contribution in [0.5, 0.6) is 0 Å². The van der Waals surface area contributed by atoms with E-state index in [1.807, 2.05) is 0 Å². The third-order valence-electron chi connectivity index (χ3n) is 3.05. The van der Waals surface area contributed by atoms with Crippen LogP contribution in [0.4, 0.5) is 0 Å². The molecule has 2 heterocycles. The number of halogens is 1. The second kappa shape index (κ2) is 6.28. The molecule has 1 fully saturated rings. The predicted octanol–water partition coefficient (Wildman–Crippen LogP) is 1.70. The number of rotatable bonds is 4. The van der Waals surface area contributed by atoms with Gasteiger partial charge in [-0.25, -0.2) is 4.98 Å². The molecule has 0 saturated carbocycles. The summed E-state index contributed by atoms with van der Waals surface area (Å²) >= 11 is 5.71. The molecule has 1 aliphatic heterocycles. The summed E-state index contributed by atoms with van der Waals surface area (Å²) in [4.78, 5) is 10.6. The molecule has 0 bridgehead atoms. The highest BCUT2D eigenvalue weighted by molar-refractivity contribution is 6.29. The first-order valence-electron chi connectivity index (χ1n) is 6.12. The minimum Gasteiger partial charge on any atom is -0.313 e. The first-order chi connectivity index (χ1) is 8.24. The second-order valence-corrected chi connectivity index (χ2v) is 5.06. The summed E-state index contributed by atoms with van der Waals surface area (Å²) in [6, 6.07) is 0.619. The van der Waals surface area contributed by atoms with Gasteiger partial charge in [-0.1, -0.05) is 18.0 Å². The van der Waals surface area contributed by atoms with Gasteiger partial charge in [-0.2, -0.15) is 0 Å². The van der Waals surface area contributed by atoms with Crippen molar-refractivity contribution in [2.24, 2.45) is 0 Å². The van der Waals surface area contributed by atoms with Gasteiger partial charge in [0.1, 0.15) is 5.15 Å². The number of hydrogen-bond acceptors (Lipinski definition) is 4. The number of aromatic nitrogens is 2. The van der Waals surface area contributed by atoms with Crippen LogP contribution in [0, 0.1) is 0 Å². The Kier molecular flexibility index (Phi) is 4.71. The van der Waals surface area contributed by atoms with E-state index in [4.69, 9.17) is 11.6 Å². The fourth-order valence-corrected chi connectivity index (χ4v) is 2.32. The molecule has 1 atom stereocenters. The first kappa shape index (κ1) is 12.7. The van der Waals surface area contributed by atoms with Crippen molar-refractivity contribution in [1.29, 1.82) is 0 Å². The lowest BCUT2D eigenvalue weighted by Crippen LogP contribution is -2.42. The molecule has 1 aromatic heterocycles. The SMILES string of the molecule is CN(Cc1cnc(Cl)cn1)CC1CCCCN1. The number of likely N-dealkylation sites (N-methyl/N-ethyl adjacent to an activating group) is 1. The Morgan fingerprint density at radius 3 is 2.94 bits per heavy atom. The van der Waals surface area contributed by atoms with Crippen LogP contribution in [0.3, 0.4) is 0 Å². The molecule has 0 radical (unpaired) electrons. The summed E-state index contributed by atoms with van der Waals surface area (Å²) < 4.78 is 0. The summed E-state index contributed by atoms with van der Waals surface area (Å²) in [5.74, 6) is 0. The quantitative estimate of drug-likeness (QED) is 0.888. The van der Waals surface area contributed by atoms with Crippen molar-refractivity contribution in [2.45, 2.75) is 31.8 Å². The monoisotopic (exact) mass is 254 g/mol. The molecular weight excluding hydrogens is 236 g/mol. The maximum absolute atomic E-state index is 5.71. The summed E-state index contributed by atoms with van der Waals surface area (Å²) in [6.45, 7) is 3.03. The fourth-order valence-electron chi connectivity index (χ4n) is 2.22. The molecule has 17 heavy (non-hydrogen) atoms. The van der Waals surface area contributed by atoms with Crippen LogP contribution in [0.15, 0.2) is 12.4 Å². The van der Waals surface area contributed by atoms with Gasteiger partial charge in [0.05, 0.1) is 18.1 Å². The highest BCUT2D eigenvalue weighted by Crippen LogP contribution is 2.09. The van der Waals surface area contributed by atoms with Crippen molar-refractivity contribution in [2.75, 3.05) is 20.1 Å². The largest absolute Gasteiger partial charge is 0.313 e. The van der Waals surface area contributed by atoms with Gasteiger partial charge in [0, 0.05) is 19.1 Å². The Hall–Kier alpha value is -0.710. The number of piperidine rings is 1. The second-order valence-electron chi connectivity index (χ2n) is 4.67. The van der Waals surface area contributed by atoms with E-state index in [0.717, 1.165) is 25.3 Å². The number of nitrogens with one attached hydrogen (secondary N) is 1. The van der Waals surface area contributed by atoms with E-state index in [2.05, 4.69) is 27.2 Å². The van der Waals surface area contributed by atoms with Gasteiger partial charge in [-0.3, -0.25) is 9.88 Å². The standard InChI is InChI=1S/C12H19ClN4/c1-17(8-10-4-2-3-5-14-10)9-11-6-16-12(13)7-15-11/h6-7,10,14H,2-5,8-9H2,1H3. The molecule has 1 N–H and O–H groups in total. The van der Waals surface area contributed by atoms with Gasteiger partial charge in [-0.05, 0) is 26.4 Å². The fraction of sp³-hybridized carbons (Fsp3) is 0.667. The predicted molar refractivity (Wildman–Crippen MR) is 69.0 cm³/mol. The normalized spacial score (nSPS) is 20.8. The van der Waals surface area contributed by atoms with Crippen molar-refractivity contribution in [3.05, 3.63) is 23.2 Å². The number of hydrogen-bond donors (Lipinski definition) is 1. The molecule has 94 valence electrons. The molecule has 1 unspecified atom stereocenters. The first-order valence-corrected chi connectivity index (χ1v) is 6.50. The van der Waals surface area contributed by atoms with E-state index in [1.165, 1.54) is 19.3 Å². The zero-order valence-electron chi connectivity index (χ0n) is 10.2. The molecule has 5 heteroatoms. The molecule has 4 nitrogen and oxygen atoms in total. The van der Waals surface area contributed by atoms with Gasteiger partial charge in [0.25, 0.3) is 0 Å². The van der Waals surface area contributed by atoms with Crippen LogP contribution in [0.2, 0.25) is 5.15 Å². The lowest BCUT2D eigenvalue weighted by atomic mass is 10.0. The van der Waals surface area contributed by atoms with Crippen LogP contribution < -0.4 is 5.32 Å². The summed E-state index contributed by atoms with van der Waals surface area (Å²) in [5, 5.41) is 4.00. The highest BCUT2D eigenvalue weighted by Gasteiger charge is 2.14. The molecule has 0 aromatic carbocycles. The Bertz CT molecular complexity index is 335. The Morgan fingerprint density at radius 2 is 2.29 bits per heavy atom. The van der Waals surface area contributed by atoms with E-state index < -0.39 is 0 Å². The van der Waals surface area contributed by atoms with Crippen LogP contribution >= 0.6 is 11.6 Å². The van der Waals surface area contributed by atoms with Gasteiger partial charge in [-0.15, -0.1) is 0 Å². The van der Waals surface area contributed by atoms with Crippen LogP contribution in [-0.4, -0.2) is 41.0 Å². The van der Waals surface area contributed by atoms with Crippen LogP contribution in [-0.2, 0) is 6.54 Å². The van der Waals surface area contributed by atoms with Crippen molar-refractivity contribution in [1.82, 2.24) is 20.2 Å². The zero-order chi connectivity index (χ0) is 12.1. The zero-order valence-corrected chi connectivity index (χ0v) is 11.0. The number of nitrogens with zero attached hydrogens (tertiary/aromatic N) is 3. The highest BCUT2D eigenvalue weighted by atomic mass is 35.5. The average Bonchev–Trinajstić information content (AvgIpc) is 2.33. The van der Waals surface area contributed by atoms with E-state index in [9.17, 15) is 0 Å². The maximum Gasteiger partial charge on any atom is 0.147 e. The topological polar surface area (TPSA) is 41.1 Å². The van der Waals surface area contributed by atoms with Gasteiger partial charge >= 0.3 is 0 Å².